The Labute approximate surface area is 127 Å². The van der Waals surface area contributed by atoms with Crippen LogP contribution in [0.4, 0.5) is 0 Å². The molecule has 0 aliphatic heterocycles. The zero-order chi connectivity index (χ0) is 15.1. The van der Waals surface area contributed by atoms with Gasteiger partial charge in [-0.15, -0.1) is 0 Å². The lowest BCUT2D eigenvalue weighted by molar-refractivity contribution is -0.140. The average molecular weight is 302 g/mol. The van der Waals surface area contributed by atoms with Crippen LogP contribution in [0.25, 0.3) is 0 Å². The lowest BCUT2D eigenvalue weighted by Crippen LogP contribution is -2.14. The summed E-state index contributed by atoms with van der Waals surface area (Å²) >= 11 is 0. The molecule has 4 heteroatoms. The smallest absolute Gasteiger partial charge is 0.306 e. The lowest BCUT2D eigenvalue weighted by Gasteiger charge is -2.17. The molecule has 0 N–H and O–H groups in total. The summed E-state index contributed by atoms with van der Waals surface area (Å²) in [5, 5.41) is -0.225. The van der Waals surface area contributed by atoms with E-state index in [9.17, 15) is 9.00 Å². The van der Waals surface area contributed by atoms with Gasteiger partial charge in [0.1, 0.15) is 0 Å². The summed E-state index contributed by atoms with van der Waals surface area (Å²) in [7, 11) is 0.162. The van der Waals surface area contributed by atoms with Gasteiger partial charge >= 0.3 is 5.97 Å². The Morgan fingerprint density at radius 2 is 1.48 bits per heavy atom. The minimum absolute atomic E-state index is 0.166. The summed E-state index contributed by atoms with van der Waals surface area (Å²) in [5.41, 5.74) is 1.98. The molecule has 0 unspecified atom stereocenters. The minimum Gasteiger partial charge on any atom is -0.469 e. The van der Waals surface area contributed by atoms with E-state index >= 15 is 0 Å². The SMILES string of the molecule is COC(=O)CC[S@](=O)C(c1ccccc1)c1ccccc1. The van der Waals surface area contributed by atoms with E-state index in [1.54, 1.807) is 0 Å². The zero-order valence-electron chi connectivity index (χ0n) is 11.9. The van der Waals surface area contributed by atoms with Crippen LogP contribution >= 0.6 is 0 Å². The molecule has 0 spiro atoms. The third-order valence-electron chi connectivity index (χ3n) is 3.20. The second-order valence-electron chi connectivity index (χ2n) is 4.61. The molecule has 21 heavy (non-hydrogen) atoms. The maximum Gasteiger partial charge on any atom is 0.306 e. The molecule has 0 aliphatic carbocycles. The van der Waals surface area contributed by atoms with Crippen LogP contribution in [0.5, 0.6) is 0 Å². The van der Waals surface area contributed by atoms with Crippen molar-refractivity contribution in [1.82, 2.24) is 0 Å². The molecular weight excluding hydrogens is 284 g/mol. The third kappa shape index (κ3) is 4.26. The first kappa shape index (κ1) is 15.4. The summed E-state index contributed by atoms with van der Waals surface area (Å²) in [4.78, 5) is 11.3. The first-order valence-electron chi connectivity index (χ1n) is 6.76. The van der Waals surface area contributed by atoms with Gasteiger partial charge in [0.05, 0.1) is 18.8 Å². The topological polar surface area (TPSA) is 43.4 Å². The quantitative estimate of drug-likeness (QED) is 0.770. The van der Waals surface area contributed by atoms with Crippen LogP contribution in [0.1, 0.15) is 22.8 Å². The van der Waals surface area contributed by atoms with Gasteiger partial charge in [0.15, 0.2) is 0 Å². The first-order valence-corrected chi connectivity index (χ1v) is 8.14. The van der Waals surface area contributed by atoms with E-state index in [1.165, 1.54) is 7.11 Å². The highest BCUT2D eigenvalue weighted by Crippen LogP contribution is 2.28. The molecule has 0 heterocycles. The number of hydrogen-bond acceptors (Lipinski definition) is 3. The summed E-state index contributed by atoms with van der Waals surface area (Å²) in [5.74, 6) is -0.0376. The Morgan fingerprint density at radius 1 is 1.00 bits per heavy atom. The standard InChI is InChI=1S/C17H18O3S/c1-20-16(18)12-13-21(19)17(14-8-4-2-5-9-14)15-10-6-3-7-11-15/h2-11,17H,12-13H2,1H3/t21-/m0/s1. The number of rotatable bonds is 6. The van der Waals surface area contributed by atoms with E-state index in [1.807, 2.05) is 60.7 Å². The number of methoxy groups -OCH3 is 1. The van der Waals surface area contributed by atoms with E-state index in [0.29, 0.717) is 5.75 Å². The molecule has 0 saturated carbocycles. The fourth-order valence-corrected chi connectivity index (χ4v) is 3.68. The summed E-state index contributed by atoms with van der Waals surface area (Å²) < 4.78 is 17.3. The molecule has 2 rings (SSSR count). The largest absolute Gasteiger partial charge is 0.469 e. The molecule has 0 aromatic heterocycles. The van der Waals surface area contributed by atoms with Gasteiger partial charge < -0.3 is 4.74 Å². The lowest BCUT2D eigenvalue weighted by atomic mass is 10.0. The van der Waals surface area contributed by atoms with Crippen LogP contribution in [0.15, 0.2) is 60.7 Å². The van der Waals surface area contributed by atoms with Crippen LogP contribution in [0, 0.1) is 0 Å². The highest BCUT2D eigenvalue weighted by atomic mass is 32.2. The molecule has 0 radical (unpaired) electrons. The molecule has 110 valence electrons. The molecule has 0 fully saturated rings. The molecule has 2 aromatic rings. The molecule has 0 saturated heterocycles. The van der Waals surface area contributed by atoms with E-state index in [0.717, 1.165) is 11.1 Å². The minimum atomic E-state index is -1.18. The number of carbonyl (C=O) groups is 1. The Balaban J connectivity index is 2.25. The van der Waals surface area contributed by atoms with Gasteiger partial charge in [-0.3, -0.25) is 9.00 Å². The summed E-state index contributed by atoms with van der Waals surface area (Å²) in [6.07, 6.45) is 0.166. The molecule has 0 bridgehead atoms. The average Bonchev–Trinajstić information content (AvgIpc) is 2.55. The maximum absolute atomic E-state index is 12.7. The normalized spacial score (nSPS) is 12.1. The Morgan fingerprint density at radius 3 is 1.90 bits per heavy atom. The molecule has 3 nitrogen and oxygen atoms in total. The Hall–Kier alpha value is -1.94. The fourth-order valence-electron chi connectivity index (χ4n) is 2.16. The molecule has 2 aromatic carbocycles. The highest BCUT2D eigenvalue weighted by Gasteiger charge is 2.21. The van der Waals surface area contributed by atoms with Crippen molar-refractivity contribution in [2.24, 2.45) is 0 Å². The second-order valence-corrected chi connectivity index (χ2v) is 6.25. The predicted octanol–water partition coefficient (Wildman–Crippen LogP) is 3.09. The van der Waals surface area contributed by atoms with Gasteiger partial charge in [-0.25, -0.2) is 0 Å². The van der Waals surface area contributed by atoms with Gasteiger partial charge in [-0.1, -0.05) is 60.7 Å². The van der Waals surface area contributed by atoms with Crippen LogP contribution in [0.3, 0.4) is 0 Å². The Bertz CT molecular complexity index is 556. The number of ether oxygens (including phenoxy) is 1. The number of hydrogen-bond donors (Lipinski definition) is 0. The van der Waals surface area contributed by atoms with Crippen molar-refractivity contribution in [2.45, 2.75) is 11.7 Å². The molecule has 0 aliphatic rings. The third-order valence-corrected chi connectivity index (χ3v) is 4.88. The summed E-state index contributed by atoms with van der Waals surface area (Å²) in [6.45, 7) is 0. The van der Waals surface area contributed by atoms with Gasteiger partial charge in [-0.05, 0) is 11.1 Å². The van der Waals surface area contributed by atoms with Crippen molar-refractivity contribution >= 4 is 16.8 Å². The van der Waals surface area contributed by atoms with Gasteiger partial charge in [-0.2, -0.15) is 0 Å². The maximum atomic E-state index is 12.7. The van der Waals surface area contributed by atoms with Crippen LogP contribution in [-0.4, -0.2) is 23.0 Å². The van der Waals surface area contributed by atoms with Crippen molar-refractivity contribution in [3.63, 3.8) is 0 Å². The van der Waals surface area contributed by atoms with Crippen molar-refractivity contribution in [2.75, 3.05) is 12.9 Å². The van der Waals surface area contributed by atoms with E-state index < -0.39 is 10.8 Å². The predicted molar refractivity (Wildman–Crippen MR) is 84.4 cm³/mol. The number of benzene rings is 2. The monoisotopic (exact) mass is 302 g/mol. The molecule has 1 atom stereocenters. The van der Waals surface area contributed by atoms with Crippen molar-refractivity contribution in [1.29, 1.82) is 0 Å². The highest BCUT2D eigenvalue weighted by molar-refractivity contribution is 7.85. The zero-order valence-corrected chi connectivity index (χ0v) is 12.7. The number of carbonyl (C=O) groups excluding carboxylic acids is 1. The molecule has 0 amide bonds. The fraction of sp³-hybridized carbons (Fsp3) is 0.235. The van der Waals surface area contributed by atoms with Gasteiger partial charge in [0.2, 0.25) is 0 Å². The van der Waals surface area contributed by atoms with Crippen LogP contribution in [-0.2, 0) is 20.3 Å². The van der Waals surface area contributed by atoms with Crippen LogP contribution in [0.2, 0.25) is 0 Å². The number of esters is 1. The molecular formula is C17H18O3S. The van der Waals surface area contributed by atoms with E-state index in [4.69, 9.17) is 0 Å². The van der Waals surface area contributed by atoms with Crippen molar-refractivity contribution in [3.8, 4) is 0 Å². The van der Waals surface area contributed by atoms with Crippen molar-refractivity contribution in [3.05, 3.63) is 71.8 Å². The van der Waals surface area contributed by atoms with Gasteiger partial charge in [0.25, 0.3) is 0 Å². The van der Waals surface area contributed by atoms with E-state index in [2.05, 4.69) is 4.74 Å². The van der Waals surface area contributed by atoms with Gasteiger partial charge in [0, 0.05) is 16.6 Å². The van der Waals surface area contributed by atoms with E-state index in [-0.39, 0.29) is 17.6 Å². The summed E-state index contributed by atoms with van der Waals surface area (Å²) in [6, 6.07) is 19.5. The van der Waals surface area contributed by atoms with Crippen LogP contribution < -0.4 is 0 Å². The second kappa shape index (κ2) is 7.74. The Kier molecular flexibility index (Phi) is 5.69. The first-order chi connectivity index (χ1) is 10.2. The van der Waals surface area contributed by atoms with Crippen molar-refractivity contribution < 1.29 is 13.7 Å².